The molecular formula is C41H43FN4O5S. The minimum absolute atomic E-state index is 0.0366. The molecule has 270 valence electrons. The first-order valence-electron chi connectivity index (χ1n) is 17.3. The fourth-order valence-corrected chi connectivity index (χ4v) is 7.79. The molecule has 6 rings (SSSR count). The minimum atomic E-state index is -3.61. The summed E-state index contributed by atoms with van der Waals surface area (Å²) in [5.74, 6) is -0.776. The largest absolute Gasteiger partial charge is 0.508 e. The highest BCUT2D eigenvalue weighted by Gasteiger charge is 2.30. The number of fused-ring (bicyclic) bond motifs is 1. The Morgan fingerprint density at radius 3 is 2.29 bits per heavy atom. The lowest BCUT2D eigenvalue weighted by atomic mass is 9.92. The topological polar surface area (TPSA) is 112 Å². The van der Waals surface area contributed by atoms with Crippen LogP contribution in [0.5, 0.6) is 5.75 Å². The molecule has 0 aliphatic carbocycles. The Balaban J connectivity index is 1.29. The third kappa shape index (κ3) is 7.95. The van der Waals surface area contributed by atoms with Gasteiger partial charge in [-0.1, -0.05) is 42.5 Å². The number of nitrogens with zero attached hydrogens (tertiary/aromatic N) is 3. The fourth-order valence-electron chi connectivity index (χ4n) is 6.73. The quantitative estimate of drug-likeness (QED) is 0.164. The first-order chi connectivity index (χ1) is 24.8. The summed E-state index contributed by atoms with van der Waals surface area (Å²) in [4.78, 5) is 31.7. The zero-order chi connectivity index (χ0) is 37.2. The van der Waals surface area contributed by atoms with Gasteiger partial charge in [0.1, 0.15) is 11.6 Å². The number of aromatic hydroxyl groups is 1. The number of hydrogen-bond acceptors (Lipinski definition) is 5. The molecule has 0 saturated heterocycles. The number of carbonyl (C=O) groups is 2. The Morgan fingerprint density at radius 1 is 0.904 bits per heavy atom. The highest BCUT2D eigenvalue weighted by atomic mass is 32.2. The number of phenolic OH excluding ortho intramolecular Hbond substituents is 1. The van der Waals surface area contributed by atoms with Gasteiger partial charge in [-0.25, -0.2) is 17.5 Å². The second-order valence-electron chi connectivity index (χ2n) is 13.4. The van der Waals surface area contributed by atoms with E-state index in [2.05, 4.69) is 16.9 Å². The number of sulfonamides is 1. The minimum Gasteiger partial charge on any atom is -0.508 e. The molecular weight excluding hydrogens is 680 g/mol. The van der Waals surface area contributed by atoms with E-state index < -0.39 is 10.0 Å². The van der Waals surface area contributed by atoms with Crippen LogP contribution in [0.4, 0.5) is 10.1 Å². The van der Waals surface area contributed by atoms with E-state index in [4.69, 9.17) is 0 Å². The van der Waals surface area contributed by atoms with Crippen LogP contribution in [0.2, 0.25) is 0 Å². The molecule has 1 aliphatic heterocycles. The van der Waals surface area contributed by atoms with Gasteiger partial charge in [0.2, 0.25) is 10.0 Å². The second kappa shape index (κ2) is 15.1. The van der Waals surface area contributed by atoms with E-state index in [9.17, 15) is 27.5 Å². The van der Waals surface area contributed by atoms with Crippen LogP contribution >= 0.6 is 0 Å². The van der Waals surface area contributed by atoms with Crippen molar-refractivity contribution >= 4 is 27.5 Å². The number of aryl methyl sites for hydroxylation is 1. The highest BCUT2D eigenvalue weighted by Crippen LogP contribution is 2.33. The molecule has 0 unspecified atom stereocenters. The van der Waals surface area contributed by atoms with Crippen LogP contribution < -0.4 is 9.62 Å². The standard InChI is InChI=1S/C41H43FN4O5S/c1-27-23-31-7-5-6-8-32(31)26-46(27)41(49)36-18-11-30(19-21-43-52(50,51)22-20-29-9-12-33(42)13-10-29)24-38(36)39-25-37(28(2)44(39)3)40(48)45(4)34-14-16-35(47)17-15-34/h5-18,24-25,27,43,47H,19-23,26H2,1-4H3/t27-/m1/s1. The lowest BCUT2D eigenvalue weighted by Crippen LogP contribution is -2.42. The van der Waals surface area contributed by atoms with Gasteiger partial charge in [0.15, 0.2) is 0 Å². The molecule has 0 spiro atoms. The van der Waals surface area contributed by atoms with Crippen molar-refractivity contribution in [3.05, 3.63) is 142 Å². The van der Waals surface area contributed by atoms with Crippen molar-refractivity contribution < 1.29 is 27.5 Å². The van der Waals surface area contributed by atoms with Crippen LogP contribution in [0.25, 0.3) is 11.3 Å². The number of amides is 2. The summed E-state index contributed by atoms with van der Waals surface area (Å²) in [5.41, 5.74) is 7.49. The number of anilines is 1. The smallest absolute Gasteiger partial charge is 0.259 e. The first-order valence-corrected chi connectivity index (χ1v) is 18.9. The Morgan fingerprint density at radius 2 is 1.58 bits per heavy atom. The van der Waals surface area contributed by atoms with Crippen LogP contribution in [0.15, 0.2) is 97.1 Å². The van der Waals surface area contributed by atoms with Crippen LogP contribution in [-0.4, -0.2) is 60.2 Å². The van der Waals surface area contributed by atoms with Gasteiger partial charge in [-0.05, 0) is 110 Å². The molecule has 2 N–H and O–H groups in total. The molecule has 1 aliphatic rings. The summed E-state index contributed by atoms with van der Waals surface area (Å²) in [5, 5.41) is 9.74. The van der Waals surface area contributed by atoms with Gasteiger partial charge >= 0.3 is 0 Å². The number of nitrogens with one attached hydrogen (secondary N) is 1. The maximum atomic E-state index is 14.4. The summed E-state index contributed by atoms with van der Waals surface area (Å²) >= 11 is 0. The molecule has 2 amide bonds. The summed E-state index contributed by atoms with van der Waals surface area (Å²) in [6.45, 7) is 4.53. The molecule has 5 aromatic rings. The van der Waals surface area contributed by atoms with Crippen molar-refractivity contribution in [2.75, 3.05) is 24.2 Å². The first kappa shape index (κ1) is 36.5. The molecule has 11 heteroatoms. The van der Waals surface area contributed by atoms with E-state index in [1.54, 1.807) is 43.4 Å². The third-order valence-electron chi connectivity index (χ3n) is 9.97. The van der Waals surface area contributed by atoms with Crippen molar-refractivity contribution in [3.8, 4) is 17.0 Å². The number of carbonyl (C=O) groups excluding carboxylic acids is 2. The fraction of sp³-hybridized carbons (Fsp3) is 0.268. The molecule has 0 bridgehead atoms. The third-order valence-corrected chi connectivity index (χ3v) is 11.4. The number of halogens is 1. The average Bonchev–Trinajstić information content (AvgIpc) is 3.43. The van der Waals surface area contributed by atoms with Gasteiger partial charge in [-0.2, -0.15) is 0 Å². The molecule has 2 heterocycles. The van der Waals surface area contributed by atoms with Gasteiger partial charge < -0.3 is 19.5 Å². The van der Waals surface area contributed by atoms with E-state index in [-0.39, 0.29) is 48.1 Å². The van der Waals surface area contributed by atoms with Crippen molar-refractivity contribution in [1.29, 1.82) is 0 Å². The molecule has 4 aromatic carbocycles. The molecule has 1 aromatic heterocycles. The van der Waals surface area contributed by atoms with Crippen LogP contribution in [0.3, 0.4) is 0 Å². The van der Waals surface area contributed by atoms with Crippen LogP contribution in [0, 0.1) is 12.7 Å². The van der Waals surface area contributed by atoms with E-state index in [1.165, 1.54) is 34.7 Å². The number of hydrogen-bond donors (Lipinski definition) is 2. The van der Waals surface area contributed by atoms with Crippen molar-refractivity contribution in [2.24, 2.45) is 7.05 Å². The Kier molecular flexibility index (Phi) is 10.6. The monoisotopic (exact) mass is 722 g/mol. The molecule has 52 heavy (non-hydrogen) atoms. The molecule has 0 fully saturated rings. The molecule has 9 nitrogen and oxygen atoms in total. The van der Waals surface area contributed by atoms with E-state index in [0.717, 1.165) is 23.1 Å². The second-order valence-corrected chi connectivity index (χ2v) is 15.4. The van der Waals surface area contributed by atoms with E-state index >= 15 is 0 Å². The van der Waals surface area contributed by atoms with Gasteiger partial charge in [0.25, 0.3) is 11.8 Å². The number of rotatable bonds is 11. The Hall–Kier alpha value is -5.26. The lowest BCUT2D eigenvalue weighted by Gasteiger charge is -2.35. The number of phenols is 1. The number of benzene rings is 4. The predicted octanol–water partition coefficient (Wildman–Crippen LogP) is 6.41. The van der Waals surface area contributed by atoms with E-state index in [0.29, 0.717) is 46.7 Å². The average molecular weight is 723 g/mol. The molecule has 0 saturated carbocycles. The lowest BCUT2D eigenvalue weighted by molar-refractivity contribution is 0.0659. The SMILES string of the molecule is Cc1c(C(=O)N(C)c2ccc(O)cc2)cc(-c2cc(CCNS(=O)(=O)CCc3ccc(F)cc3)ccc2C(=O)N2Cc3ccccc3C[C@H]2C)n1C. The summed E-state index contributed by atoms with van der Waals surface area (Å²) in [6.07, 6.45) is 1.36. The Bertz CT molecular complexity index is 2220. The summed E-state index contributed by atoms with van der Waals surface area (Å²) < 4.78 is 43.5. The molecule has 1 atom stereocenters. The summed E-state index contributed by atoms with van der Waals surface area (Å²) in [7, 11) is -0.0734. The van der Waals surface area contributed by atoms with Gasteiger partial charge in [0.05, 0.1) is 11.3 Å². The van der Waals surface area contributed by atoms with Crippen molar-refractivity contribution in [1.82, 2.24) is 14.2 Å². The zero-order valence-electron chi connectivity index (χ0n) is 29.8. The number of aromatic nitrogens is 1. The van der Waals surface area contributed by atoms with Gasteiger partial charge in [0, 0.05) is 61.4 Å². The van der Waals surface area contributed by atoms with Crippen molar-refractivity contribution in [2.45, 2.75) is 45.7 Å². The van der Waals surface area contributed by atoms with Crippen LogP contribution in [0.1, 0.15) is 55.6 Å². The van der Waals surface area contributed by atoms with Gasteiger partial charge in [-0.15, -0.1) is 0 Å². The van der Waals surface area contributed by atoms with Gasteiger partial charge in [-0.3, -0.25) is 9.59 Å². The van der Waals surface area contributed by atoms with Crippen molar-refractivity contribution in [3.63, 3.8) is 0 Å². The Labute approximate surface area is 304 Å². The normalized spacial score (nSPS) is 14.2. The highest BCUT2D eigenvalue weighted by molar-refractivity contribution is 7.89. The van der Waals surface area contributed by atoms with Crippen LogP contribution in [-0.2, 0) is 42.9 Å². The molecule has 0 radical (unpaired) electrons. The maximum absolute atomic E-state index is 14.4. The predicted molar refractivity (Wildman–Crippen MR) is 202 cm³/mol. The summed E-state index contributed by atoms with van der Waals surface area (Å²) in [6, 6.07) is 27.7. The zero-order valence-corrected chi connectivity index (χ0v) is 30.6. The maximum Gasteiger partial charge on any atom is 0.259 e. The van der Waals surface area contributed by atoms with E-state index in [1.807, 2.05) is 54.6 Å².